The summed E-state index contributed by atoms with van der Waals surface area (Å²) in [7, 11) is 0. The average molecular weight is 514 g/mol. The third-order valence-electron chi connectivity index (χ3n) is 7.96. The number of carbonyl (C=O) groups excluding carboxylic acids is 1. The standard InChI is InChI=1S/C31H23N5O3/c32-17-21-13-14-24(23-12-7-15-33-27(21)23)36-30(38)28-25-16-22(35(28)31(36)39)18-34(25)29(37)26(19-8-3-1-4-9-19)20-10-5-2-6-11-20/h1-15,22,25-26,38H,16,18H2/t22-,25?/m1/s1. The molecule has 5 aromatic rings. The topological polar surface area (TPSA) is 104 Å². The zero-order chi connectivity index (χ0) is 26.7. The van der Waals surface area contributed by atoms with Gasteiger partial charge in [-0.3, -0.25) is 14.3 Å². The Balaban J connectivity index is 1.33. The quantitative estimate of drug-likeness (QED) is 0.383. The highest BCUT2D eigenvalue weighted by atomic mass is 16.3. The van der Waals surface area contributed by atoms with Crippen LogP contribution in [0.2, 0.25) is 0 Å². The summed E-state index contributed by atoms with van der Waals surface area (Å²) < 4.78 is 2.91. The Kier molecular flexibility index (Phi) is 5.13. The van der Waals surface area contributed by atoms with E-state index >= 15 is 0 Å². The van der Waals surface area contributed by atoms with Crippen LogP contribution in [0.25, 0.3) is 16.6 Å². The van der Waals surface area contributed by atoms with Crippen molar-refractivity contribution in [3.05, 3.63) is 124 Å². The highest BCUT2D eigenvalue weighted by Gasteiger charge is 2.50. The first kappa shape index (κ1) is 23.0. The van der Waals surface area contributed by atoms with E-state index in [0.717, 1.165) is 11.1 Å². The van der Waals surface area contributed by atoms with Crippen LogP contribution in [-0.4, -0.2) is 36.6 Å². The molecular weight excluding hydrogens is 490 g/mol. The van der Waals surface area contributed by atoms with E-state index in [0.29, 0.717) is 40.8 Å². The molecule has 0 saturated carbocycles. The molecule has 8 heteroatoms. The molecule has 1 N–H and O–H groups in total. The molecule has 2 aliphatic rings. The number of fused-ring (bicyclic) bond motifs is 6. The van der Waals surface area contributed by atoms with Crippen molar-refractivity contribution < 1.29 is 9.90 Å². The van der Waals surface area contributed by atoms with Crippen LogP contribution in [0.15, 0.2) is 95.9 Å². The van der Waals surface area contributed by atoms with Crippen molar-refractivity contribution in [3.8, 4) is 17.6 Å². The Bertz CT molecular complexity index is 1810. The molecule has 3 aromatic carbocycles. The zero-order valence-electron chi connectivity index (χ0n) is 20.8. The normalized spacial score (nSPS) is 17.5. The van der Waals surface area contributed by atoms with Gasteiger partial charge in [-0.2, -0.15) is 5.26 Å². The van der Waals surface area contributed by atoms with E-state index in [-0.39, 0.29) is 23.5 Å². The van der Waals surface area contributed by atoms with Crippen molar-refractivity contribution in [1.29, 1.82) is 5.26 Å². The number of nitrogens with zero attached hydrogens (tertiary/aromatic N) is 5. The van der Waals surface area contributed by atoms with Gasteiger partial charge in [0.2, 0.25) is 11.8 Å². The Morgan fingerprint density at radius 1 is 0.974 bits per heavy atom. The Morgan fingerprint density at radius 3 is 2.33 bits per heavy atom. The number of carbonyl (C=O) groups is 1. The van der Waals surface area contributed by atoms with Crippen molar-refractivity contribution in [2.45, 2.75) is 24.4 Å². The fourth-order valence-electron chi connectivity index (χ4n) is 6.28. The number of hydrogen-bond donors (Lipinski definition) is 1. The number of pyridine rings is 1. The summed E-state index contributed by atoms with van der Waals surface area (Å²) in [6.07, 6.45) is 2.17. The molecule has 0 aliphatic carbocycles. The van der Waals surface area contributed by atoms with Crippen LogP contribution >= 0.6 is 0 Å². The second-order valence-corrected chi connectivity index (χ2v) is 9.99. The van der Waals surface area contributed by atoms with E-state index in [4.69, 9.17) is 0 Å². The SMILES string of the molecule is N#Cc1ccc(-n2c(O)c3n(c2=O)[C@@H]2CC3N(C(=O)C(c3ccccc3)c3ccccc3)C2)c2cccnc12. The van der Waals surface area contributed by atoms with E-state index in [1.807, 2.05) is 65.6 Å². The van der Waals surface area contributed by atoms with Crippen LogP contribution in [-0.2, 0) is 4.79 Å². The second-order valence-electron chi connectivity index (χ2n) is 9.99. The van der Waals surface area contributed by atoms with E-state index in [1.54, 1.807) is 35.0 Å². The fourth-order valence-corrected chi connectivity index (χ4v) is 6.28. The molecule has 1 saturated heterocycles. The molecule has 2 aliphatic heterocycles. The van der Waals surface area contributed by atoms with Gasteiger partial charge in [-0.15, -0.1) is 0 Å². The van der Waals surface area contributed by atoms with E-state index in [2.05, 4.69) is 11.1 Å². The smallest absolute Gasteiger partial charge is 0.336 e. The minimum Gasteiger partial charge on any atom is -0.493 e. The van der Waals surface area contributed by atoms with Gasteiger partial charge in [0.1, 0.15) is 11.8 Å². The summed E-state index contributed by atoms with van der Waals surface area (Å²) in [4.78, 5) is 34.0. The van der Waals surface area contributed by atoms with Gasteiger partial charge in [-0.05, 0) is 41.8 Å². The number of rotatable bonds is 4. The van der Waals surface area contributed by atoms with Crippen LogP contribution in [0.5, 0.6) is 5.88 Å². The maximum atomic E-state index is 14.2. The van der Waals surface area contributed by atoms with Gasteiger partial charge in [0, 0.05) is 18.1 Å². The molecular formula is C31H23N5O3. The van der Waals surface area contributed by atoms with Gasteiger partial charge in [-0.1, -0.05) is 60.7 Å². The van der Waals surface area contributed by atoms with E-state index < -0.39 is 12.0 Å². The van der Waals surface area contributed by atoms with Gasteiger partial charge in [0.15, 0.2) is 0 Å². The highest BCUT2D eigenvalue weighted by molar-refractivity contribution is 5.92. The summed E-state index contributed by atoms with van der Waals surface area (Å²) in [5, 5.41) is 21.6. The maximum Gasteiger partial charge on any atom is 0.336 e. The minimum absolute atomic E-state index is 0.0567. The first-order valence-corrected chi connectivity index (χ1v) is 12.8. The molecule has 7 rings (SSSR count). The van der Waals surface area contributed by atoms with Gasteiger partial charge in [-0.25, -0.2) is 9.36 Å². The lowest BCUT2D eigenvalue weighted by Crippen LogP contribution is -2.40. The summed E-state index contributed by atoms with van der Waals surface area (Å²) in [5.74, 6) is -0.737. The number of aromatic nitrogens is 3. The lowest BCUT2D eigenvalue weighted by molar-refractivity contribution is -0.133. The molecule has 190 valence electrons. The van der Waals surface area contributed by atoms with Gasteiger partial charge in [0.05, 0.1) is 34.8 Å². The highest BCUT2D eigenvalue weighted by Crippen LogP contribution is 2.50. The number of nitriles is 1. The number of benzene rings is 3. The number of imidazole rings is 1. The number of aromatic hydroxyl groups is 1. The van der Waals surface area contributed by atoms with Gasteiger partial charge in [0.25, 0.3) is 0 Å². The van der Waals surface area contributed by atoms with Crippen LogP contribution < -0.4 is 5.69 Å². The molecule has 0 radical (unpaired) electrons. The first-order chi connectivity index (χ1) is 19.1. The van der Waals surface area contributed by atoms with Crippen molar-refractivity contribution in [2.24, 2.45) is 0 Å². The lowest BCUT2D eigenvalue weighted by Gasteiger charge is -2.31. The fraction of sp³-hybridized carbons (Fsp3) is 0.161. The van der Waals surface area contributed by atoms with Crippen molar-refractivity contribution in [1.82, 2.24) is 19.0 Å². The molecule has 8 nitrogen and oxygen atoms in total. The third kappa shape index (κ3) is 3.33. The Morgan fingerprint density at radius 2 is 1.67 bits per heavy atom. The molecule has 1 fully saturated rings. The molecule has 4 heterocycles. The lowest BCUT2D eigenvalue weighted by atomic mass is 9.89. The number of hydrogen-bond acceptors (Lipinski definition) is 5. The van der Waals surface area contributed by atoms with Crippen LogP contribution in [0.3, 0.4) is 0 Å². The largest absolute Gasteiger partial charge is 0.493 e. The third-order valence-corrected chi connectivity index (χ3v) is 7.96. The van der Waals surface area contributed by atoms with E-state index in [1.165, 1.54) is 4.57 Å². The molecule has 1 unspecified atom stereocenters. The van der Waals surface area contributed by atoms with Crippen molar-refractivity contribution >= 4 is 16.8 Å². The number of likely N-dealkylation sites (tertiary alicyclic amines) is 1. The predicted molar refractivity (Wildman–Crippen MR) is 145 cm³/mol. The molecule has 0 spiro atoms. The second kappa shape index (κ2) is 8.71. The Labute approximate surface area is 223 Å². The maximum absolute atomic E-state index is 14.2. The monoisotopic (exact) mass is 513 g/mol. The molecule has 2 bridgehead atoms. The molecule has 39 heavy (non-hydrogen) atoms. The first-order valence-electron chi connectivity index (χ1n) is 12.8. The van der Waals surface area contributed by atoms with Crippen molar-refractivity contribution in [3.63, 3.8) is 0 Å². The summed E-state index contributed by atoms with van der Waals surface area (Å²) in [5.41, 5.74) is 3.18. The average Bonchev–Trinajstić information content (AvgIpc) is 3.65. The summed E-state index contributed by atoms with van der Waals surface area (Å²) in [6.45, 7) is 0.395. The molecule has 2 atom stereocenters. The van der Waals surface area contributed by atoms with Crippen LogP contribution in [0.4, 0.5) is 0 Å². The van der Waals surface area contributed by atoms with Gasteiger partial charge < -0.3 is 10.0 Å². The Hall–Kier alpha value is -5.16. The van der Waals surface area contributed by atoms with Crippen LogP contribution in [0.1, 0.15) is 46.8 Å². The number of amides is 1. The van der Waals surface area contributed by atoms with E-state index in [9.17, 15) is 20.0 Å². The molecule has 1 amide bonds. The summed E-state index contributed by atoms with van der Waals surface area (Å²) in [6, 6.07) is 27.6. The molecule has 2 aromatic heterocycles. The zero-order valence-corrected chi connectivity index (χ0v) is 20.8. The van der Waals surface area contributed by atoms with Gasteiger partial charge >= 0.3 is 5.69 Å². The summed E-state index contributed by atoms with van der Waals surface area (Å²) >= 11 is 0. The van der Waals surface area contributed by atoms with Crippen molar-refractivity contribution in [2.75, 3.05) is 6.54 Å². The predicted octanol–water partition coefficient (Wildman–Crippen LogP) is 4.42. The minimum atomic E-state index is -0.496. The van der Waals surface area contributed by atoms with Crippen LogP contribution in [0, 0.1) is 11.3 Å².